The maximum absolute atomic E-state index is 13.5. The lowest BCUT2D eigenvalue weighted by Crippen LogP contribution is -2.38. The molecule has 0 spiro atoms. The number of pyridine rings is 1. The first-order valence-electron chi connectivity index (χ1n) is 12.4. The molecule has 2 aliphatic rings. The average molecular weight is 540 g/mol. The van der Waals surface area contributed by atoms with Crippen LogP contribution in [0.3, 0.4) is 0 Å². The Kier molecular flexibility index (Phi) is 6.17. The van der Waals surface area contributed by atoms with Gasteiger partial charge in [-0.1, -0.05) is 5.57 Å². The summed E-state index contributed by atoms with van der Waals surface area (Å²) in [5.41, 5.74) is 3.32. The van der Waals surface area contributed by atoms with Crippen LogP contribution in [0.1, 0.15) is 41.8 Å². The second-order valence-corrected chi connectivity index (χ2v) is 11.5. The zero-order chi connectivity index (χ0) is 26.5. The van der Waals surface area contributed by atoms with E-state index in [9.17, 15) is 17.6 Å². The first-order chi connectivity index (χ1) is 18.2. The Bertz CT molecular complexity index is 1500. The summed E-state index contributed by atoms with van der Waals surface area (Å²) in [6.45, 7) is 0. The summed E-state index contributed by atoms with van der Waals surface area (Å²) in [6.07, 6.45) is 8.28. The summed E-state index contributed by atoms with van der Waals surface area (Å²) < 4.78 is 57.6. The summed E-state index contributed by atoms with van der Waals surface area (Å²) in [5, 5.41) is 9.17. The molecule has 2 aliphatic carbocycles. The van der Waals surface area contributed by atoms with Gasteiger partial charge in [0, 0.05) is 40.7 Å². The molecule has 1 saturated carbocycles. The molecular weight excluding hydrogens is 514 g/mol. The van der Waals surface area contributed by atoms with Gasteiger partial charge in [-0.05, 0) is 80.1 Å². The van der Waals surface area contributed by atoms with Crippen LogP contribution < -0.4 is 0 Å². The second-order valence-electron chi connectivity index (χ2n) is 10.1. The minimum absolute atomic E-state index is 0.288. The molecular formula is C28H25F4N5S. The second kappa shape index (κ2) is 9.41. The third-order valence-corrected chi connectivity index (χ3v) is 8.70. The fraction of sp³-hybridized carbons (Fsp3) is 0.321. The summed E-state index contributed by atoms with van der Waals surface area (Å²) in [7, 11) is 1.88. The van der Waals surface area contributed by atoms with E-state index in [0.717, 1.165) is 47.2 Å². The third kappa shape index (κ3) is 4.77. The highest BCUT2D eigenvalue weighted by molar-refractivity contribution is 8.00. The fourth-order valence-electron chi connectivity index (χ4n) is 5.76. The Balaban J connectivity index is 1.37. The highest BCUT2D eigenvalue weighted by atomic mass is 32.2. The third-order valence-electron chi connectivity index (χ3n) is 7.48. The minimum Gasteiger partial charge on any atom is -0.275 e. The van der Waals surface area contributed by atoms with Gasteiger partial charge in [0.05, 0.1) is 29.3 Å². The molecule has 0 unspecified atom stereocenters. The first-order valence-corrected chi connectivity index (χ1v) is 13.3. The Morgan fingerprint density at radius 1 is 1.11 bits per heavy atom. The first kappa shape index (κ1) is 24.9. The van der Waals surface area contributed by atoms with Crippen molar-refractivity contribution >= 4 is 17.8 Å². The molecule has 0 saturated heterocycles. The number of halogens is 4. The summed E-state index contributed by atoms with van der Waals surface area (Å²) in [5.74, 6) is -0.315. The predicted octanol–water partition coefficient (Wildman–Crippen LogP) is 6.67. The summed E-state index contributed by atoms with van der Waals surface area (Å²) in [6, 6.07) is 8.40. The number of hydrogen-bond acceptors (Lipinski definition) is 4. The van der Waals surface area contributed by atoms with Gasteiger partial charge in [0.25, 0.3) is 0 Å². The highest BCUT2D eigenvalue weighted by Crippen LogP contribution is 2.53. The van der Waals surface area contributed by atoms with E-state index in [1.165, 1.54) is 30.0 Å². The van der Waals surface area contributed by atoms with Gasteiger partial charge in [-0.3, -0.25) is 9.67 Å². The van der Waals surface area contributed by atoms with E-state index in [-0.39, 0.29) is 16.5 Å². The van der Waals surface area contributed by atoms with Crippen LogP contribution in [0.25, 0.3) is 11.8 Å². The van der Waals surface area contributed by atoms with Crippen molar-refractivity contribution in [2.45, 2.75) is 48.4 Å². The van der Waals surface area contributed by atoms with E-state index in [1.54, 1.807) is 28.6 Å². The van der Waals surface area contributed by atoms with Gasteiger partial charge in [0.1, 0.15) is 5.82 Å². The molecule has 2 atom stereocenters. The molecule has 5 nitrogen and oxygen atoms in total. The molecule has 1 aromatic carbocycles. The standard InChI is InChI=1S/C28H25F4N5S/c1-36-17-25(16-34-36)38-24-7-2-19-11-26-18(15-35-37(26)23-5-3-21(29)4-6-23)12-27(19,14-24)13-22-10-20(8-9-33-22)28(30,31)32/h3-6,8-11,15-17,24H,2,7,12-14H2,1H3/t24-,27-/m0/s1. The van der Waals surface area contributed by atoms with Gasteiger partial charge in [0.2, 0.25) is 0 Å². The Hall–Kier alpha value is -3.40. The smallest absolute Gasteiger partial charge is 0.275 e. The molecule has 4 aromatic rings. The number of allylic oxidation sites excluding steroid dienone is 1. The molecule has 1 fully saturated rings. The number of aryl methyl sites for hydroxylation is 1. The van der Waals surface area contributed by atoms with E-state index in [0.29, 0.717) is 18.5 Å². The molecule has 38 heavy (non-hydrogen) atoms. The average Bonchev–Trinajstić information content (AvgIpc) is 3.47. The van der Waals surface area contributed by atoms with Crippen LogP contribution >= 0.6 is 11.8 Å². The van der Waals surface area contributed by atoms with Crippen molar-refractivity contribution in [1.82, 2.24) is 24.5 Å². The molecule has 10 heteroatoms. The molecule has 0 N–H and O–H groups in total. The van der Waals surface area contributed by atoms with Crippen molar-refractivity contribution in [2.75, 3.05) is 0 Å². The molecule has 3 aromatic heterocycles. The number of alkyl halides is 3. The number of benzene rings is 1. The van der Waals surface area contributed by atoms with Crippen molar-refractivity contribution in [2.24, 2.45) is 12.5 Å². The number of aromatic nitrogens is 5. The maximum Gasteiger partial charge on any atom is 0.416 e. The summed E-state index contributed by atoms with van der Waals surface area (Å²) >= 11 is 1.78. The predicted molar refractivity (Wildman–Crippen MR) is 137 cm³/mol. The molecule has 196 valence electrons. The highest BCUT2D eigenvalue weighted by Gasteiger charge is 2.44. The zero-order valence-electron chi connectivity index (χ0n) is 20.6. The number of nitrogens with zero attached hydrogens (tertiary/aromatic N) is 5. The van der Waals surface area contributed by atoms with Crippen LogP contribution in [0.5, 0.6) is 0 Å². The van der Waals surface area contributed by atoms with E-state index < -0.39 is 11.7 Å². The lowest BCUT2D eigenvalue weighted by molar-refractivity contribution is -0.137. The Labute approximate surface area is 221 Å². The topological polar surface area (TPSA) is 48.5 Å². The van der Waals surface area contributed by atoms with Crippen molar-refractivity contribution in [3.63, 3.8) is 0 Å². The van der Waals surface area contributed by atoms with Crippen LogP contribution in [0, 0.1) is 11.2 Å². The minimum atomic E-state index is -4.42. The lowest BCUT2D eigenvalue weighted by atomic mass is 9.62. The van der Waals surface area contributed by atoms with Gasteiger partial charge in [-0.2, -0.15) is 23.4 Å². The van der Waals surface area contributed by atoms with Gasteiger partial charge >= 0.3 is 6.18 Å². The van der Waals surface area contributed by atoms with E-state index in [2.05, 4.69) is 21.3 Å². The molecule has 6 rings (SSSR count). The van der Waals surface area contributed by atoms with Gasteiger partial charge in [0.15, 0.2) is 0 Å². The maximum atomic E-state index is 13.5. The van der Waals surface area contributed by atoms with E-state index in [4.69, 9.17) is 0 Å². The van der Waals surface area contributed by atoms with Crippen LogP contribution in [-0.4, -0.2) is 29.8 Å². The van der Waals surface area contributed by atoms with E-state index >= 15 is 0 Å². The number of hydrogen-bond donors (Lipinski definition) is 0. The fourth-order valence-corrected chi connectivity index (χ4v) is 7.10. The normalized spacial score (nSPS) is 21.1. The van der Waals surface area contributed by atoms with Crippen LogP contribution in [0.15, 0.2) is 71.7 Å². The van der Waals surface area contributed by atoms with Crippen molar-refractivity contribution in [1.29, 1.82) is 0 Å². The van der Waals surface area contributed by atoms with E-state index in [1.807, 2.05) is 30.3 Å². The lowest BCUT2D eigenvalue weighted by Gasteiger charge is -2.45. The molecule has 3 heterocycles. The SMILES string of the molecule is Cn1cc(S[C@H]2CCC3=Cc4c(cnn4-c4ccc(F)cc4)C[C@]3(Cc3cc(C(F)(F)F)ccn3)C2)cn1. The largest absolute Gasteiger partial charge is 0.416 e. The quantitative estimate of drug-likeness (QED) is 0.266. The van der Waals surface area contributed by atoms with Crippen molar-refractivity contribution < 1.29 is 17.6 Å². The molecule has 0 aliphatic heterocycles. The molecule has 0 radical (unpaired) electrons. The van der Waals surface area contributed by atoms with Gasteiger partial charge in [-0.25, -0.2) is 9.07 Å². The number of fused-ring (bicyclic) bond motifs is 2. The Morgan fingerprint density at radius 3 is 2.66 bits per heavy atom. The number of thioether (sulfide) groups is 1. The Morgan fingerprint density at radius 2 is 1.92 bits per heavy atom. The van der Waals surface area contributed by atoms with Crippen molar-refractivity contribution in [3.05, 3.63) is 95.1 Å². The van der Waals surface area contributed by atoms with Crippen LogP contribution in [0.4, 0.5) is 17.6 Å². The van der Waals surface area contributed by atoms with Crippen LogP contribution in [0.2, 0.25) is 0 Å². The van der Waals surface area contributed by atoms with Gasteiger partial charge in [-0.15, -0.1) is 11.8 Å². The zero-order valence-corrected chi connectivity index (χ0v) is 21.4. The van der Waals surface area contributed by atoms with Gasteiger partial charge < -0.3 is 0 Å². The summed E-state index contributed by atoms with van der Waals surface area (Å²) in [4.78, 5) is 5.44. The monoisotopic (exact) mass is 539 g/mol. The molecule has 0 bridgehead atoms. The van der Waals surface area contributed by atoms with Crippen molar-refractivity contribution in [3.8, 4) is 5.69 Å². The number of rotatable bonds is 5. The van der Waals surface area contributed by atoms with Crippen LogP contribution in [-0.2, 0) is 26.1 Å². The molecule has 0 amide bonds.